The van der Waals surface area contributed by atoms with Crippen LogP contribution in [0.15, 0.2) is 30.3 Å². The van der Waals surface area contributed by atoms with Crippen LogP contribution in [0.1, 0.15) is 32.3 Å². The van der Waals surface area contributed by atoms with E-state index in [1.54, 1.807) is 0 Å². The topological polar surface area (TPSA) is 58.4 Å². The average Bonchev–Trinajstić information content (AvgIpc) is 2.45. The summed E-state index contributed by atoms with van der Waals surface area (Å²) in [7, 11) is 0. The fourth-order valence-corrected chi connectivity index (χ4v) is 2.13. The van der Waals surface area contributed by atoms with Crippen LogP contribution in [0.25, 0.3) is 0 Å². The maximum Gasteiger partial charge on any atom is 0.234 e. The van der Waals surface area contributed by atoms with Gasteiger partial charge >= 0.3 is 0 Å². The number of benzene rings is 1. The molecule has 21 heavy (non-hydrogen) atoms. The van der Waals surface area contributed by atoms with Crippen molar-refractivity contribution in [1.82, 2.24) is 10.2 Å². The van der Waals surface area contributed by atoms with Crippen molar-refractivity contribution in [3.8, 4) is 0 Å². The summed E-state index contributed by atoms with van der Waals surface area (Å²) < 4.78 is 0. The first-order valence-electron chi connectivity index (χ1n) is 7.85. The molecule has 0 aliphatic heterocycles. The Morgan fingerprint density at radius 2 is 2.00 bits per heavy atom. The van der Waals surface area contributed by atoms with E-state index in [-0.39, 0.29) is 5.91 Å². The molecule has 0 bridgehead atoms. The van der Waals surface area contributed by atoms with Gasteiger partial charge in [-0.3, -0.25) is 9.69 Å². The van der Waals surface area contributed by atoms with Crippen LogP contribution >= 0.6 is 0 Å². The number of carbonyl (C=O) groups is 1. The van der Waals surface area contributed by atoms with E-state index in [1.165, 1.54) is 5.56 Å². The van der Waals surface area contributed by atoms with Gasteiger partial charge < -0.3 is 11.1 Å². The predicted octanol–water partition coefficient (Wildman–Crippen LogP) is 2.00. The number of nitrogens with one attached hydrogen (secondary N) is 1. The molecule has 118 valence electrons. The minimum absolute atomic E-state index is 0.101. The first-order valence-corrected chi connectivity index (χ1v) is 7.85. The maximum absolute atomic E-state index is 12.0. The standard InChI is InChI=1S/C17H29N3O/c1-15(2)9-11-19-17(21)14-20(12-6-10-18)13-16-7-4-3-5-8-16/h3-5,7-8,15H,6,9-14,18H2,1-2H3,(H,19,21). The third-order valence-corrected chi connectivity index (χ3v) is 3.34. The van der Waals surface area contributed by atoms with Gasteiger partial charge in [-0.1, -0.05) is 44.2 Å². The van der Waals surface area contributed by atoms with Gasteiger partial charge in [-0.15, -0.1) is 0 Å². The summed E-state index contributed by atoms with van der Waals surface area (Å²) in [6, 6.07) is 10.2. The molecule has 4 nitrogen and oxygen atoms in total. The fourth-order valence-electron chi connectivity index (χ4n) is 2.13. The Labute approximate surface area is 128 Å². The van der Waals surface area contributed by atoms with Gasteiger partial charge in [-0.2, -0.15) is 0 Å². The van der Waals surface area contributed by atoms with Crippen LogP contribution in [0.4, 0.5) is 0 Å². The van der Waals surface area contributed by atoms with E-state index >= 15 is 0 Å². The monoisotopic (exact) mass is 291 g/mol. The van der Waals surface area contributed by atoms with E-state index in [2.05, 4.69) is 36.2 Å². The van der Waals surface area contributed by atoms with E-state index in [9.17, 15) is 4.79 Å². The van der Waals surface area contributed by atoms with Gasteiger partial charge in [-0.05, 0) is 30.9 Å². The molecule has 0 heterocycles. The number of amides is 1. The van der Waals surface area contributed by atoms with Gasteiger partial charge in [0.1, 0.15) is 0 Å². The molecule has 0 saturated heterocycles. The molecule has 0 aromatic heterocycles. The Balaban J connectivity index is 2.43. The second-order valence-electron chi connectivity index (χ2n) is 5.87. The van der Waals surface area contributed by atoms with Gasteiger partial charge in [0, 0.05) is 19.6 Å². The average molecular weight is 291 g/mol. The van der Waals surface area contributed by atoms with Crippen molar-refractivity contribution in [2.24, 2.45) is 11.7 Å². The van der Waals surface area contributed by atoms with Crippen molar-refractivity contribution >= 4 is 5.91 Å². The fraction of sp³-hybridized carbons (Fsp3) is 0.588. The van der Waals surface area contributed by atoms with E-state index in [1.807, 2.05) is 18.2 Å². The molecule has 0 unspecified atom stereocenters. The first-order chi connectivity index (χ1) is 10.1. The minimum atomic E-state index is 0.101. The molecular formula is C17H29N3O. The third-order valence-electron chi connectivity index (χ3n) is 3.34. The van der Waals surface area contributed by atoms with Gasteiger partial charge in [0.15, 0.2) is 0 Å². The van der Waals surface area contributed by atoms with Crippen molar-refractivity contribution in [2.45, 2.75) is 33.2 Å². The Kier molecular flexibility index (Phi) is 8.71. The molecule has 4 heteroatoms. The molecule has 0 fully saturated rings. The minimum Gasteiger partial charge on any atom is -0.355 e. The summed E-state index contributed by atoms with van der Waals surface area (Å²) in [5.41, 5.74) is 6.81. The van der Waals surface area contributed by atoms with E-state index in [0.717, 1.165) is 32.5 Å². The van der Waals surface area contributed by atoms with Crippen LogP contribution in [0.5, 0.6) is 0 Å². The predicted molar refractivity (Wildman–Crippen MR) is 87.9 cm³/mol. The highest BCUT2D eigenvalue weighted by Crippen LogP contribution is 2.05. The number of hydrogen-bond acceptors (Lipinski definition) is 3. The normalized spacial score (nSPS) is 11.1. The molecule has 1 aromatic rings. The van der Waals surface area contributed by atoms with Gasteiger partial charge in [-0.25, -0.2) is 0 Å². The second kappa shape index (κ2) is 10.4. The van der Waals surface area contributed by atoms with Gasteiger partial charge in [0.2, 0.25) is 5.91 Å². The van der Waals surface area contributed by atoms with Crippen LogP contribution < -0.4 is 11.1 Å². The molecule has 1 rings (SSSR count). The third kappa shape index (κ3) is 8.48. The highest BCUT2D eigenvalue weighted by Gasteiger charge is 2.10. The van der Waals surface area contributed by atoms with Crippen LogP contribution in [0.3, 0.4) is 0 Å². The Morgan fingerprint density at radius 3 is 2.62 bits per heavy atom. The summed E-state index contributed by atoms with van der Waals surface area (Å²) in [6.07, 6.45) is 1.93. The van der Waals surface area contributed by atoms with E-state index in [0.29, 0.717) is 19.0 Å². The van der Waals surface area contributed by atoms with Crippen molar-refractivity contribution in [2.75, 3.05) is 26.2 Å². The zero-order valence-corrected chi connectivity index (χ0v) is 13.3. The molecule has 1 aromatic carbocycles. The van der Waals surface area contributed by atoms with Crippen LogP contribution in [-0.4, -0.2) is 37.0 Å². The Bertz CT molecular complexity index is 392. The van der Waals surface area contributed by atoms with E-state index < -0.39 is 0 Å². The number of hydrogen-bond donors (Lipinski definition) is 2. The zero-order chi connectivity index (χ0) is 15.5. The molecule has 3 N–H and O–H groups in total. The summed E-state index contributed by atoms with van der Waals surface area (Å²) in [6.45, 7) is 7.81. The molecule has 0 radical (unpaired) electrons. The Morgan fingerprint density at radius 1 is 1.29 bits per heavy atom. The lowest BCUT2D eigenvalue weighted by Crippen LogP contribution is -2.38. The van der Waals surface area contributed by atoms with Gasteiger partial charge in [0.25, 0.3) is 0 Å². The summed E-state index contributed by atoms with van der Waals surface area (Å²) >= 11 is 0. The molecule has 1 amide bonds. The smallest absolute Gasteiger partial charge is 0.234 e. The summed E-state index contributed by atoms with van der Waals surface area (Å²) in [5, 5.41) is 2.99. The zero-order valence-electron chi connectivity index (χ0n) is 13.3. The molecule has 0 atom stereocenters. The number of nitrogens with two attached hydrogens (primary N) is 1. The van der Waals surface area contributed by atoms with Crippen molar-refractivity contribution in [3.05, 3.63) is 35.9 Å². The van der Waals surface area contributed by atoms with Crippen molar-refractivity contribution in [1.29, 1.82) is 0 Å². The lowest BCUT2D eigenvalue weighted by molar-refractivity contribution is -0.122. The highest BCUT2D eigenvalue weighted by molar-refractivity contribution is 5.77. The highest BCUT2D eigenvalue weighted by atomic mass is 16.2. The molecular weight excluding hydrogens is 262 g/mol. The summed E-state index contributed by atoms with van der Waals surface area (Å²) in [4.78, 5) is 14.2. The SMILES string of the molecule is CC(C)CCNC(=O)CN(CCCN)Cc1ccccc1. The summed E-state index contributed by atoms with van der Waals surface area (Å²) in [5.74, 6) is 0.714. The van der Waals surface area contributed by atoms with E-state index in [4.69, 9.17) is 5.73 Å². The van der Waals surface area contributed by atoms with Crippen molar-refractivity contribution < 1.29 is 4.79 Å². The van der Waals surface area contributed by atoms with Crippen molar-refractivity contribution in [3.63, 3.8) is 0 Å². The lowest BCUT2D eigenvalue weighted by atomic mass is 10.1. The second-order valence-corrected chi connectivity index (χ2v) is 5.87. The Hall–Kier alpha value is -1.39. The number of rotatable bonds is 10. The molecule has 0 saturated carbocycles. The quantitative estimate of drug-likeness (QED) is 0.693. The van der Waals surface area contributed by atoms with Gasteiger partial charge in [0.05, 0.1) is 6.54 Å². The molecule has 0 aliphatic rings. The number of carbonyl (C=O) groups excluding carboxylic acids is 1. The van der Waals surface area contributed by atoms with Crippen LogP contribution in [0.2, 0.25) is 0 Å². The largest absolute Gasteiger partial charge is 0.355 e. The van der Waals surface area contributed by atoms with Crippen LogP contribution in [0, 0.1) is 5.92 Å². The molecule has 0 aliphatic carbocycles. The first kappa shape index (κ1) is 17.7. The lowest BCUT2D eigenvalue weighted by Gasteiger charge is -2.21. The maximum atomic E-state index is 12.0. The number of nitrogens with zero attached hydrogens (tertiary/aromatic N) is 1. The molecule has 0 spiro atoms. The van der Waals surface area contributed by atoms with Crippen LogP contribution in [-0.2, 0) is 11.3 Å².